The molecule has 0 atom stereocenters. The Kier molecular flexibility index (Phi) is 3.75. The van der Waals surface area contributed by atoms with Gasteiger partial charge in [0.15, 0.2) is 0 Å². The highest BCUT2D eigenvalue weighted by atomic mass is 19.4. The van der Waals surface area contributed by atoms with E-state index in [9.17, 15) is 18.0 Å². The van der Waals surface area contributed by atoms with E-state index in [1.165, 1.54) is 6.07 Å². The second kappa shape index (κ2) is 5.83. The molecule has 0 spiro atoms. The molecule has 0 bridgehead atoms. The van der Waals surface area contributed by atoms with E-state index in [0.717, 1.165) is 18.1 Å². The maximum Gasteiger partial charge on any atom is 0.417 e. The fraction of sp³-hybridized carbons (Fsp3) is 0.438. The lowest BCUT2D eigenvalue weighted by atomic mass is 10.0. The maximum absolute atomic E-state index is 12.6. The molecular weight excluding hydrogens is 335 g/mol. The molecule has 4 heterocycles. The van der Waals surface area contributed by atoms with Gasteiger partial charge in [-0.2, -0.15) is 13.2 Å². The Morgan fingerprint density at radius 2 is 2.00 bits per heavy atom. The first-order valence-corrected chi connectivity index (χ1v) is 8.01. The third-order valence-corrected chi connectivity index (χ3v) is 4.60. The number of amides is 1. The first-order chi connectivity index (χ1) is 11.9. The van der Waals surface area contributed by atoms with Crippen LogP contribution in [-0.4, -0.2) is 45.0 Å². The van der Waals surface area contributed by atoms with Crippen LogP contribution in [0.5, 0.6) is 0 Å². The highest BCUT2D eigenvalue weighted by Crippen LogP contribution is 2.30. The Morgan fingerprint density at radius 1 is 1.20 bits per heavy atom. The summed E-state index contributed by atoms with van der Waals surface area (Å²) in [5, 5.41) is 3.08. The first-order valence-electron chi connectivity index (χ1n) is 8.01. The highest BCUT2D eigenvalue weighted by Gasteiger charge is 2.32. The number of hydrogen-bond donors (Lipinski definition) is 1. The van der Waals surface area contributed by atoms with Crippen molar-refractivity contribution in [3.05, 3.63) is 35.9 Å². The summed E-state index contributed by atoms with van der Waals surface area (Å²) in [5.41, 5.74) is 0.116. The monoisotopic (exact) mass is 351 g/mol. The molecule has 0 radical (unpaired) electrons. The third kappa shape index (κ3) is 2.99. The molecule has 1 fully saturated rings. The Balaban J connectivity index is 1.53. The number of aromatic nitrogens is 3. The number of nitrogens with one attached hydrogen (secondary N) is 1. The summed E-state index contributed by atoms with van der Waals surface area (Å²) in [4.78, 5) is 22.5. The zero-order valence-corrected chi connectivity index (χ0v) is 13.3. The van der Waals surface area contributed by atoms with Crippen LogP contribution in [0.15, 0.2) is 24.5 Å². The molecule has 2 aliphatic rings. The summed E-state index contributed by atoms with van der Waals surface area (Å²) in [6.45, 7) is 3.07. The Hall–Kier alpha value is -2.42. The van der Waals surface area contributed by atoms with Gasteiger partial charge in [-0.25, -0.2) is 4.98 Å². The molecule has 132 valence electrons. The minimum absolute atomic E-state index is 0.0394. The molecule has 2 aliphatic heterocycles. The number of halogens is 3. The smallest absolute Gasteiger partial charge is 0.333 e. The standard InChI is InChI=1S/C16H16F3N5O/c17-16(18,19)11-1-2-12(21-7-11)13-8-23-3-4-24(9-14(23)22-13)15(25)10-5-20-6-10/h1-2,7-8,10,20H,3-6,9H2. The average Bonchev–Trinajstić information content (AvgIpc) is 2.95. The lowest BCUT2D eigenvalue weighted by molar-refractivity contribution is -0.139. The number of carbonyl (C=O) groups excluding carboxylic acids is 1. The van der Waals surface area contributed by atoms with Crippen molar-refractivity contribution in [3.63, 3.8) is 0 Å². The molecule has 2 aromatic heterocycles. The number of fused-ring (bicyclic) bond motifs is 1. The molecule has 0 saturated carbocycles. The van der Waals surface area contributed by atoms with Gasteiger partial charge in [0.05, 0.1) is 23.7 Å². The largest absolute Gasteiger partial charge is 0.417 e. The molecule has 0 aliphatic carbocycles. The van der Waals surface area contributed by atoms with Crippen LogP contribution >= 0.6 is 0 Å². The first kappa shape index (κ1) is 16.1. The number of hydrogen-bond acceptors (Lipinski definition) is 4. The lowest BCUT2D eigenvalue weighted by Crippen LogP contribution is -2.53. The van der Waals surface area contributed by atoms with Crippen LogP contribution in [-0.2, 0) is 24.1 Å². The molecular formula is C16H16F3N5O. The average molecular weight is 351 g/mol. The fourth-order valence-electron chi connectivity index (χ4n) is 3.00. The van der Waals surface area contributed by atoms with Crippen molar-refractivity contribution in [1.82, 2.24) is 24.8 Å². The maximum atomic E-state index is 12.6. The molecule has 1 amide bonds. The van der Waals surface area contributed by atoms with Crippen LogP contribution in [0.3, 0.4) is 0 Å². The van der Waals surface area contributed by atoms with Crippen molar-refractivity contribution in [3.8, 4) is 11.4 Å². The van der Waals surface area contributed by atoms with Crippen molar-refractivity contribution < 1.29 is 18.0 Å². The van der Waals surface area contributed by atoms with E-state index in [1.54, 1.807) is 11.1 Å². The number of nitrogens with zero attached hydrogens (tertiary/aromatic N) is 4. The van der Waals surface area contributed by atoms with Crippen molar-refractivity contribution in [1.29, 1.82) is 0 Å². The molecule has 1 N–H and O–H groups in total. The molecule has 1 saturated heterocycles. The van der Waals surface area contributed by atoms with Crippen molar-refractivity contribution in [2.75, 3.05) is 19.6 Å². The minimum Gasteiger partial charge on any atom is -0.333 e. The molecule has 25 heavy (non-hydrogen) atoms. The number of carbonyl (C=O) groups is 1. The van der Waals surface area contributed by atoms with Gasteiger partial charge in [0.2, 0.25) is 5.91 Å². The van der Waals surface area contributed by atoms with Gasteiger partial charge >= 0.3 is 6.18 Å². The second-order valence-electron chi connectivity index (χ2n) is 6.28. The summed E-state index contributed by atoms with van der Waals surface area (Å²) in [6, 6.07) is 2.32. The molecule has 4 rings (SSSR count). The van der Waals surface area contributed by atoms with Gasteiger partial charge in [0, 0.05) is 38.6 Å². The molecule has 0 aromatic carbocycles. The third-order valence-electron chi connectivity index (χ3n) is 4.60. The predicted molar refractivity (Wildman–Crippen MR) is 82.2 cm³/mol. The van der Waals surface area contributed by atoms with Crippen LogP contribution < -0.4 is 5.32 Å². The van der Waals surface area contributed by atoms with Gasteiger partial charge in [-0.05, 0) is 12.1 Å². The summed E-state index contributed by atoms with van der Waals surface area (Å²) < 4.78 is 39.8. The number of imidazole rings is 1. The van der Waals surface area contributed by atoms with E-state index in [4.69, 9.17) is 0 Å². The van der Waals surface area contributed by atoms with Gasteiger partial charge in [-0.15, -0.1) is 0 Å². The van der Waals surface area contributed by atoms with Gasteiger partial charge in [0.1, 0.15) is 11.5 Å². The summed E-state index contributed by atoms with van der Waals surface area (Å²) in [6.07, 6.45) is -1.82. The quantitative estimate of drug-likeness (QED) is 0.891. The van der Waals surface area contributed by atoms with Gasteiger partial charge < -0.3 is 14.8 Å². The summed E-state index contributed by atoms with van der Waals surface area (Å²) >= 11 is 0. The van der Waals surface area contributed by atoms with Gasteiger partial charge in [-0.3, -0.25) is 9.78 Å². The second-order valence-corrected chi connectivity index (χ2v) is 6.28. The Morgan fingerprint density at radius 3 is 2.60 bits per heavy atom. The van der Waals surface area contributed by atoms with E-state index >= 15 is 0 Å². The van der Waals surface area contributed by atoms with Gasteiger partial charge in [-0.1, -0.05) is 0 Å². The summed E-state index contributed by atoms with van der Waals surface area (Å²) in [5.74, 6) is 0.892. The van der Waals surface area contributed by atoms with Crippen molar-refractivity contribution >= 4 is 5.91 Å². The predicted octanol–water partition coefficient (Wildman–Crippen LogP) is 1.53. The molecule has 9 heteroatoms. The van der Waals surface area contributed by atoms with Crippen molar-refractivity contribution in [2.45, 2.75) is 19.3 Å². The number of rotatable bonds is 2. The minimum atomic E-state index is -4.41. The van der Waals surface area contributed by atoms with E-state index < -0.39 is 11.7 Å². The SMILES string of the molecule is O=C(C1CNC1)N1CCn2cc(-c3ccc(C(F)(F)F)cn3)nc2C1. The summed E-state index contributed by atoms with van der Waals surface area (Å²) in [7, 11) is 0. The van der Waals surface area contributed by atoms with Crippen LogP contribution in [0.25, 0.3) is 11.4 Å². The highest BCUT2D eigenvalue weighted by molar-refractivity contribution is 5.80. The van der Waals surface area contributed by atoms with Crippen molar-refractivity contribution in [2.24, 2.45) is 5.92 Å². The van der Waals surface area contributed by atoms with E-state index in [2.05, 4.69) is 15.3 Å². The Labute approximate surface area is 141 Å². The zero-order chi connectivity index (χ0) is 17.6. The molecule has 6 nitrogen and oxygen atoms in total. The molecule has 2 aromatic rings. The van der Waals surface area contributed by atoms with Crippen LogP contribution in [0.2, 0.25) is 0 Å². The molecule has 0 unspecified atom stereocenters. The normalized spacial score (nSPS) is 18.0. The van der Waals surface area contributed by atoms with Crippen LogP contribution in [0.1, 0.15) is 11.4 Å². The number of pyridine rings is 1. The topological polar surface area (TPSA) is 63.1 Å². The Bertz CT molecular complexity index is 795. The van der Waals surface area contributed by atoms with E-state index in [-0.39, 0.29) is 11.8 Å². The lowest BCUT2D eigenvalue weighted by Gasteiger charge is -2.34. The van der Waals surface area contributed by atoms with E-state index in [1.807, 2.05) is 4.57 Å². The zero-order valence-electron chi connectivity index (χ0n) is 13.3. The van der Waals surface area contributed by atoms with Gasteiger partial charge in [0.25, 0.3) is 0 Å². The van der Waals surface area contributed by atoms with Crippen LogP contribution in [0, 0.1) is 5.92 Å². The number of alkyl halides is 3. The fourth-order valence-corrected chi connectivity index (χ4v) is 3.00. The van der Waals surface area contributed by atoms with Crippen LogP contribution in [0.4, 0.5) is 13.2 Å². The van der Waals surface area contributed by atoms with E-state index in [0.29, 0.717) is 44.1 Å².